The van der Waals surface area contributed by atoms with Crippen molar-refractivity contribution in [3.63, 3.8) is 0 Å². The Bertz CT molecular complexity index is 903. The van der Waals surface area contributed by atoms with Crippen molar-refractivity contribution in [2.45, 2.75) is 40.0 Å². The molecule has 0 radical (unpaired) electrons. The number of amides is 1. The molecule has 0 aliphatic carbocycles. The first-order valence-corrected chi connectivity index (χ1v) is 9.51. The van der Waals surface area contributed by atoms with E-state index in [4.69, 9.17) is 0 Å². The van der Waals surface area contributed by atoms with Crippen LogP contribution in [0.5, 0.6) is 0 Å². The van der Waals surface area contributed by atoms with Crippen molar-refractivity contribution in [1.29, 1.82) is 0 Å². The van der Waals surface area contributed by atoms with Gasteiger partial charge >= 0.3 is 0 Å². The Hall–Kier alpha value is -2.33. The molecule has 0 bridgehead atoms. The third-order valence-corrected chi connectivity index (χ3v) is 5.21. The van der Waals surface area contributed by atoms with E-state index in [2.05, 4.69) is 68.3 Å². The van der Waals surface area contributed by atoms with Gasteiger partial charge in [0.25, 0.3) is 5.91 Å². The predicted octanol–water partition coefficient (Wildman–Crippen LogP) is 5.49. The number of amidine groups is 1. The molecule has 0 unspecified atom stereocenters. The topological polar surface area (TPSA) is 41.5 Å². The van der Waals surface area contributed by atoms with Crippen LogP contribution >= 0.6 is 11.8 Å². The van der Waals surface area contributed by atoms with Gasteiger partial charge in [-0.1, -0.05) is 62.7 Å². The molecule has 4 heteroatoms. The van der Waals surface area contributed by atoms with Crippen LogP contribution in [0.3, 0.4) is 0 Å². The van der Waals surface area contributed by atoms with E-state index >= 15 is 0 Å². The number of nitrogens with zero attached hydrogens (tertiary/aromatic N) is 1. The monoisotopic (exact) mass is 364 g/mol. The average Bonchev–Trinajstić information content (AvgIpc) is 2.89. The van der Waals surface area contributed by atoms with E-state index in [1.807, 2.05) is 25.1 Å². The summed E-state index contributed by atoms with van der Waals surface area (Å²) >= 11 is 1.38. The minimum Gasteiger partial charge on any atom is -0.300 e. The maximum absolute atomic E-state index is 12.3. The van der Waals surface area contributed by atoms with E-state index in [9.17, 15) is 4.79 Å². The highest BCUT2D eigenvalue weighted by Crippen LogP contribution is 2.30. The molecule has 0 spiro atoms. The van der Waals surface area contributed by atoms with E-state index in [1.165, 1.54) is 22.9 Å². The van der Waals surface area contributed by atoms with Crippen molar-refractivity contribution >= 4 is 34.6 Å². The molecule has 1 saturated heterocycles. The fourth-order valence-electron chi connectivity index (χ4n) is 2.75. The number of aliphatic imine (C=N–C) groups is 1. The van der Waals surface area contributed by atoms with Gasteiger partial charge in [0.2, 0.25) is 0 Å². The third-order valence-electron chi connectivity index (χ3n) is 4.30. The molecule has 1 N–H and O–H groups in total. The molecule has 3 rings (SSSR count). The van der Waals surface area contributed by atoms with Gasteiger partial charge in [-0.25, -0.2) is 4.99 Å². The number of aryl methyl sites for hydroxylation is 2. The van der Waals surface area contributed by atoms with Gasteiger partial charge in [-0.3, -0.25) is 4.79 Å². The molecule has 134 valence electrons. The largest absolute Gasteiger partial charge is 0.300 e. The molecule has 0 saturated carbocycles. The Morgan fingerprint density at radius 3 is 2.35 bits per heavy atom. The van der Waals surface area contributed by atoms with Gasteiger partial charge in [0, 0.05) is 0 Å². The van der Waals surface area contributed by atoms with Gasteiger partial charge in [-0.15, -0.1) is 0 Å². The number of thioether (sulfide) groups is 1. The minimum absolute atomic E-state index is 0.0987. The Morgan fingerprint density at radius 1 is 1.04 bits per heavy atom. The van der Waals surface area contributed by atoms with Crippen molar-refractivity contribution in [1.82, 2.24) is 5.32 Å². The molecule has 1 heterocycles. The number of hydrogen-bond acceptors (Lipinski definition) is 3. The van der Waals surface area contributed by atoms with Crippen molar-refractivity contribution in [3.8, 4) is 0 Å². The zero-order valence-corrected chi connectivity index (χ0v) is 16.7. The van der Waals surface area contributed by atoms with E-state index < -0.39 is 0 Å². The fraction of sp³-hybridized carbons (Fsp3) is 0.273. The Kier molecular flexibility index (Phi) is 5.05. The summed E-state index contributed by atoms with van der Waals surface area (Å²) in [6.45, 7) is 10.7. The van der Waals surface area contributed by atoms with Crippen LogP contribution in [0, 0.1) is 13.8 Å². The first kappa shape index (κ1) is 18.5. The molecule has 1 aliphatic heterocycles. The summed E-state index contributed by atoms with van der Waals surface area (Å²) in [6, 6.07) is 14.5. The molecule has 3 nitrogen and oxygen atoms in total. The Balaban J connectivity index is 1.81. The number of benzene rings is 2. The maximum atomic E-state index is 12.3. The van der Waals surface area contributed by atoms with E-state index in [-0.39, 0.29) is 11.3 Å². The lowest BCUT2D eigenvalue weighted by Gasteiger charge is -2.18. The smallest absolute Gasteiger partial charge is 0.264 e. The van der Waals surface area contributed by atoms with E-state index in [1.54, 1.807) is 0 Å². The van der Waals surface area contributed by atoms with Gasteiger partial charge in [0.15, 0.2) is 5.17 Å². The molecular weight excluding hydrogens is 340 g/mol. The molecule has 0 atom stereocenters. The summed E-state index contributed by atoms with van der Waals surface area (Å²) in [7, 11) is 0. The highest BCUT2D eigenvalue weighted by Gasteiger charge is 2.24. The van der Waals surface area contributed by atoms with Crippen molar-refractivity contribution < 1.29 is 4.79 Å². The Morgan fingerprint density at radius 2 is 1.73 bits per heavy atom. The zero-order chi connectivity index (χ0) is 18.9. The molecule has 2 aromatic rings. The highest BCUT2D eigenvalue weighted by atomic mass is 32.2. The molecule has 1 fully saturated rings. The lowest BCUT2D eigenvalue weighted by atomic mass is 9.87. The second-order valence-electron chi connectivity index (χ2n) is 7.64. The van der Waals surface area contributed by atoms with Gasteiger partial charge < -0.3 is 5.32 Å². The summed E-state index contributed by atoms with van der Waals surface area (Å²) in [5.41, 5.74) is 5.60. The van der Waals surface area contributed by atoms with E-state index in [0.29, 0.717) is 10.1 Å². The van der Waals surface area contributed by atoms with Crippen molar-refractivity contribution in [2.24, 2.45) is 4.99 Å². The molecular formula is C22H24N2OS. The van der Waals surface area contributed by atoms with Crippen LogP contribution in [0.15, 0.2) is 52.4 Å². The van der Waals surface area contributed by atoms with Gasteiger partial charge in [0.05, 0.1) is 10.6 Å². The summed E-state index contributed by atoms with van der Waals surface area (Å²) in [6.07, 6.45) is 1.91. The molecule has 1 aliphatic rings. The quantitative estimate of drug-likeness (QED) is 0.716. The van der Waals surface area contributed by atoms with Gasteiger partial charge in [-0.05, 0) is 59.9 Å². The predicted molar refractivity (Wildman–Crippen MR) is 112 cm³/mol. The Labute approximate surface area is 159 Å². The molecule has 26 heavy (non-hydrogen) atoms. The fourth-order valence-corrected chi connectivity index (χ4v) is 3.59. The summed E-state index contributed by atoms with van der Waals surface area (Å²) < 4.78 is 0. The first-order chi connectivity index (χ1) is 12.2. The minimum atomic E-state index is -0.0987. The number of carbonyl (C=O) groups is 1. The number of hydrogen-bond donors (Lipinski definition) is 1. The highest BCUT2D eigenvalue weighted by molar-refractivity contribution is 8.18. The average molecular weight is 365 g/mol. The normalized spacial score (nSPS) is 17.8. The number of nitrogens with one attached hydrogen (secondary N) is 1. The standard InChI is InChI=1S/C22H24N2OS/c1-14-6-11-18(15(2)12-14)23-21-24-20(25)19(26-21)13-16-7-9-17(10-8-16)22(3,4)5/h6-13H,1-5H3,(H,23,24,25)/b19-13+. The van der Waals surface area contributed by atoms with Crippen molar-refractivity contribution in [2.75, 3.05) is 0 Å². The maximum Gasteiger partial charge on any atom is 0.264 e. The van der Waals surface area contributed by atoms with Crippen LogP contribution in [0.2, 0.25) is 0 Å². The molecule has 2 aromatic carbocycles. The molecule has 0 aromatic heterocycles. The number of carbonyl (C=O) groups excluding carboxylic acids is 1. The number of rotatable bonds is 2. The lowest BCUT2D eigenvalue weighted by molar-refractivity contribution is -0.115. The van der Waals surface area contributed by atoms with Crippen LogP contribution < -0.4 is 5.32 Å². The zero-order valence-electron chi connectivity index (χ0n) is 15.9. The van der Waals surface area contributed by atoms with Crippen LogP contribution in [0.1, 0.15) is 43.0 Å². The van der Waals surface area contributed by atoms with Crippen LogP contribution in [0.4, 0.5) is 5.69 Å². The van der Waals surface area contributed by atoms with Crippen LogP contribution in [-0.2, 0) is 10.2 Å². The first-order valence-electron chi connectivity index (χ1n) is 8.70. The van der Waals surface area contributed by atoms with Gasteiger partial charge in [0.1, 0.15) is 0 Å². The van der Waals surface area contributed by atoms with Crippen molar-refractivity contribution in [3.05, 3.63) is 69.6 Å². The van der Waals surface area contributed by atoms with Gasteiger partial charge in [-0.2, -0.15) is 0 Å². The van der Waals surface area contributed by atoms with Crippen LogP contribution in [0.25, 0.3) is 6.08 Å². The second kappa shape index (κ2) is 7.12. The van der Waals surface area contributed by atoms with E-state index in [0.717, 1.165) is 16.8 Å². The lowest BCUT2D eigenvalue weighted by Crippen LogP contribution is -2.19. The molecule has 1 amide bonds. The van der Waals surface area contributed by atoms with Crippen LogP contribution in [-0.4, -0.2) is 11.1 Å². The summed E-state index contributed by atoms with van der Waals surface area (Å²) in [4.78, 5) is 17.5. The summed E-state index contributed by atoms with van der Waals surface area (Å²) in [5.74, 6) is -0.0987. The second-order valence-corrected chi connectivity index (χ2v) is 8.67. The summed E-state index contributed by atoms with van der Waals surface area (Å²) in [5, 5.41) is 3.48. The SMILES string of the molecule is Cc1ccc(N=C2NC(=O)/C(=C\c3ccc(C(C)(C)C)cc3)S2)c(C)c1. The third kappa shape index (κ3) is 4.25.